The fourth-order valence-electron chi connectivity index (χ4n) is 2.42. The van der Waals surface area contributed by atoms with E-state index in [0.717, 1.165) is 18.4 Å². The van der Waals surface area contributed by atoms with Crippen molar-refractivity contribution in [2.24, 2.45) is 0 Å². The molecular weight excluding hydrogens is 243 g/mol. The van der Waals surface area contributed by atoms with Crippen LogP contribution in [0.2, 0.25) is 0 Å². The molecule has 1 aromatic rings. The van der Waals surface area contributed by atoms with Gasteiger partial charge in [-0.05, 0) is 36.0 Å². The Balaban J connectivity index is 2.30. The van der Waals surface area contributed by atoms with Gasteiger partial charge >= 0.3 is 6.18 Å². The Labute approximate surface area is 104 Å². The van der Waals surface area contributed by atoms with E-state index >= 15 is 0 Å². The summed E-state index contributed by atoms with van der Waals surface area (Å²) in [5.74, 6) is 0.125. The van der Waals surface area contributed by atoms with Crippen molar-refractivity contribution in [3.05, 3.63) is 29.3 Å². The average molecular weight is 259 g/mol. The largest absolute Gasteiger partial charge is 0.398 e. The van der Waals surface area contributed by atoms with Crippen LogP contribution in [0.15, 0.2) is 18.2 Å². The van der Waals surface area contributed by atoms with Gasteiger partial charge in [0.05, 0.1) is 6.42 Å². The lowest BCUT2D eigenvalue weighted by Crippen LogP contribution is -2.19. The summed E-state index contributed by atoms with van der Waals surface area (Å²) in [6.07, 6.45) is -3.66. The molecule has 0 aromatic heterocycles. The van der Waals surface area contributed by atoms with Crippen LogP contribution in [0.5, 0.6) is 0 Å². The maximum Gasteiger partial charge on any atom is 0.393 e. The lowest BCUT2D eigenvalue weighted by atomic mass is 9.86. The zero-order valence-corrected chi connectivity index (χ0v) is 9.96. The number of rotatable bonds is 2. The van der Waals surface area contributed by atoms with Gasteiger partial charge in [-0.2, -0.15) is 13.2 Å². The van der Waals surface area contributed by atoms with E-state index < -0.39 is 12.6 Å². The van der Waals surface area contributed by atoms with Crippen molar-refractivity contribution in [3.8, 4) is 0 Å². The van der Waals surface area contributed by atoms with Gasteiger partial charge in [0, 0.05) is 18.9 Å². The number of hydrogen-bond donors (Lipinski definition) is 1. The van der Waals surface area contributed by atoms with Crippen LogP contribution < -0.4 is 5.73 Å². The number of ether oxygens (including phenoxy) is 1. The van der Waals surface area contributed by atoms with Gasteiger partial charge in [0.2, 0.25) is 0 Å². The zero-order chi connectivity index (χ0) is 13.2. The number of hydrogen-bond acceptors (Lipinski definition) is 2. The van der Waals surface area contributed by atoms with Gasteiger partial charge in [-0.15, -0.1) is 0 Å². The summed E-state index contributed by atoms with van der Waals surface area (Å²) in [4.78, 5) is 0. The number of anilines is 1. The molecule has 1 fully saturated rings. The van der Waals surface area contributed by atoms with Crippen molar-refractivity contribution in [2.75, 3.05) is 18.9 Å². The molecular formula is C13H16F3NO. The minimum atomic E-state index is -4.23. The van der Waals surface area contributed by atoms with E-state index in [1.165, 1.54) is 6.07 Å². The smallest absolute Gasteiger partial charge is 0.393 e. The number of halogens is 3. The van der Waals surface area contributed by atoms with Gasteiger partial charge in [0.1, 0.15) is 0 Å². The molecule has 5 heteroatoms. The summed E-state index contributed by atoms with van der Waals surface area (Å²) in [6, 6.07) is 5.01. The van der Waals surface area contributed by atoms with Crippen molar-refractivity contribution in [2.45, 2.75) is 31.4 Å². The van der Waals surface area contributed by atoms with Gasteiger partial charge < -0.3 is 10.5 Å². The normalized spacial score (nSPS) is 17.9. The summed E-state index contributed by atoms with van der Waals surface area (Å²) in [6.45, 7) is 1.20. The third kappa shape index (κ3) is 3.16. The van der Waals surface area contributed by atoms with E-state index in [1.54, 1.807) is 12.1 Å². The summed E-state index contributed by atoms with van der Waals surface area (Å²) >= 11 is 0. The van der Waals surface area contributed by atoms with Crippen LogP contribution in [0.25, 0.3) is 0 Å². The van der Waals surface area contributed by atoms with Gasteiger partial charge in [0.15, 0.2) is 0 Å². The Morgan fingerprint density at radius 3 is 2.50 bits per heavy atom. The van der Waals surface area contributed by atoms with Gasteiger partial charge in [0.25, 0.3) is 0 Å². The van der Waals surface area contributed by atoms with Crippen LogP contribution in [0.3, 0.4) is 0 Å². The van der Waals surface area contributed by atoms with E-state index in [1.807, 2.05) is 0 Å². The minimum Gasteiger partial charge on any atom is -0.398 e. The fourth-order valence-corrected chi connectivity index (χ4v) is 2.42. The summed E-state index contributed by atoms with van der Waals surface area (Å²) in [5, 5.41) is 0. The SMILES string of the molecule is Nc1cccc(C2CCOCC2)c1CC(F)(F)F. The highest BCUT2D eigenvalue weighted by Gasteiger charge is 2.31. The summed E-state index contributed by atoms with van der Waals surface area (Å²) in [5.41, 5.74) is 6.90. The molecule has 0 atom stereocenters. The molecule has 0 spiro atoms. The van der Waals surface area contributed by atoms with Gasteiger partial charge in [-0.1, -0.05) is 12.1 Å². The van der Waals surface area contributed by atoms with Crippen molar-refractivity contribution < 1.29 is 17.9 Å². The van der Waals surface area contributed by atoms with E-state index in [4.69, 9.17) is 10.5 Å². The van der Waals surface area contributed by atoms with Crippen molar-refractivity contribution in [1.29, 1.82) is 0 Å². The Morgan fingerprint density at radius 2 is 1.89 bits per heavy atom. The summed E-state index contributed by atoms with van der Waals surface area (Å²) in [7, 11) is 0. The molecule has 1 heterocycles. The lowest BCUT2D eigenvalue weighted by molar-refractivity contribution is -0.127. The second-order valence-electron chi connectivity index (χ2n) is 4.59. The molecule has 2 nitrogen and oxygen atoms in total. The van der Waals surface area contributed by atoms with Crippen molar-refractivity contribution in [3.63, 3.8) is 0 Å². The van der Waals surface area contributed by atoms with Crippen LogP contribution in [-0.4, -0.2) is 19.4 Å². The van der Waals surface area contributed by atoms with Crippen LogP contribution >= 0.6 is 0 Å². The molecule has 1 aliphatic rings. The predicted octanol–water partition coefficient (Wildman–Crippen LogP) is 3.27. The first kappa shape index (κ1) is 13.2. The number of nitrogen functional groups attached to an aromatic ring is 1. The molecule has 0 bridgehead atoms. The van der Waals surface area contributed by atoms with E-state index in [0.29, 0.717) is 13.2 Å². The molecule has 0 radical (unpaired) electrons. The Kier molecular flexibility index (Phi) is 3.80. The fraction of sp³-hybridized carbons (Fsp3) is 0.538. The predicted molar refractivity (Wildman–Crippen MR) is 63.4 cm³/mol. The molecule has 1 aliphatic heterocycles. The highest BCUT2D eigenvalue weighted by Crippen LogP contribution is 2.35. The molecule has 18 heavy (non-hydrogen) atoms. The zero-order valence-electron chi connectivity index (χ0n) is 9.96. The Bertz CT molecular complexity index is 411. The average Bonchev–Trinajstić information content (AvgIpc) is 2.31. The highest BCUT2D eigenvalue weighted by molar-refractivity contribution is 5.52. The maximum atomic E-state index is 12.6. The molecule has 0 unspecified atom stereocenters. The second-order valence-corrected chi connectivity index (χ2v) is 4.59. The van der Waals surface area contributed by atoms with Gasteiger partial charge in [-0.3, -0.25) is 0 Å². The quantitative estimate of drug-likeness (QED) is 0.827. The molecule has 1 aromatic carbocycles. The molecule has 0 saturated carbocycles. The number of nitrogens with two attached hydrogens (primary N) is 1. The first-order valence-electron chi connectivity index (χ1n) is 5.99. The first-order valence-corrected chi connectivity index (χ1v) is 5.99. The van der Waals surface area contributed by atoms with Crippen molar-refractivity contribution >= 4 is 5.69 Å². The molecule has 2 rings (SSSR count). The lowest BCUT2D eigenvalue weighted by Gasteiger charge is -2.25. The van der Waals surface area contributed by atoms with Crippen LogP contribution in [-0.2, 0) is 11.2 Å². The monoisotopic (exact) mass is 259 g/mol. The van der Waals surface area contributed by atoms with Gasteiger partial charge in [-0.25, -0.2) is 0 Å². The topological polar surface area (TPSA) is 35.2 Å². The molecule has 0 amide bonds. The van der Waals surface area contributed by atoms with Crippen LogP contribution in [0.1, 0.15) is 29.9 Å². The molecule has 2 N–H and O–H groups in total. The number of benzene rings is 1. The van der Waals surface area contributed by atoms with E-state index in [-0.39, 0.29) is 17.2 Å². The minimum absolute atomic E-state index is 0.125. The van der Waals surface area contributed by atoms with Crippen LogP contribution in [0.4, 0.5) is 18.9 Å². The molecule has 100 valence electrons. The third-order valence-corrected chi connectivity index (χ3v) is 3.29. The first-order chi connectivity index (χ1) is 8.47. The number of alkyl halides is 3. The van der Waals surface area contributed by atoms with E-state index in [9.17, 15) is 13.2 Å². The Hall–Kier alpha value is -1.23. The second kappa shape index (κ2) is 5.18. The van der Waals surface area contributed by atoms with Crippen LogP contribution in [0, 0.1) is 0 Å². The standard InChI is InChI=1S/C13H16F3NO/c14-13(15,16)8-11-10(2-1-3-12(11)17)9-4-6-18-7-5-9/h1-3,9H,4-8,17H2. The van der Waals surface area contributed by atoms with E-state index in [2.05, 4.69) is 0 Å². The maximum absolute atomic E-state index is 12.6. The Morgan fingerprint density at radius 1 is 1.22 bits per heavy atom. The van der Waals surface area contributed by atoms with Crippen molar-refractivity contribution in [1.82, 2.24) is 0 Å². The highest BCUT2D eigenvalue weighted by atomic mass is 19.4. The third-order valence-electron chi connectivity index (χ3n) is 3.29. The molecule has 1 saturated heterocycles. The molecule has 0 aliphatic carbocycles. The summed E-state index contributed by atoms with van der Waals surface area (Å²) < 4.78 is 43.0.